The van der Waals surface area contributed by atoms with Crippen LogP contribution in [0.3, 0.4) is 0 Å². The summed E-state index contributed by atoms with van der Waals surface area (Å²) in [5.74, 6) is -0.186. The maximum absolute atomic E-state index is 11.8. The van der Waals surface area contributed by atoms with Crippen LogP contribution < -0.4 is 5.32 Å². The van der Waals surface area contributed by atoms with Crippen molar-refractivity contribution in [3.63, 3.8) is 0 Å². The summed E-state index contributed by atoms with van der Waals surface area (Å²) < 4.78 is 0.232. The van der Waals surface area contributed by atoms with Crippen LogP contribution in [0.25, 0.3) is 0 Å². The van der Waals surface area contributed by atoms with Crippen molar-refractivity contribution in [1.82, 2.24) is 15.3 Å². The van der Waals surface area contributed by atoms with E-state index in [9.17, 15) is 4.79 Å². The molecule has 1 saturated carbocycles. The van der Waals surface area contributed by atoms with Crippen molar-refractivity contribution >= 4 is 29.3 Å². The maximum atomic E-state index is 11.8. The molecule has 1 heterocycles. The van der Waals surface area contributed by atoms with Gasteiger partial charge in [0.25, 0.3) is 5.91 Å². The molecule has 0 spiro atoms. The summed E-state index contributed by atoms with van der Waals surface area (Å²) in [5, 5.41) is 3.20. The van der Waals surface area contributed by atoms with Gasteiger partial charge in [0.1, 0.15) is 10.8 Å². The van der Waals surface area contributed by atoms with E-state index in [0.717, 1.165) is 0 Å². The average Bonchev–Trinajstić information content (AvgIpc) is 2.29. The number of halogens is 1. The van der Waals surface area contributed by atoms with Crippen LogP contribution in [-0.4, -0.2) is 33.4 Å². The Hall–Kier alpha value is -0.810. The third-order valence-electron chi connectivity index (χ3n) is 3.12. The molecule has 1 N–H and O–H groups in total. The van der Waals surface area contributed by atoms with Gasteiger partial charge in [0.15, 0.2) is 0 Å². The molecule has 6 heteroatoms. The molecule has 1 amide bonds. The van der Waals surface area contributed by atoms with Crippen molar-refractivity contribution in [3.8, 4) is 0 Å². The Bertz CT molecular complexity index is 400. The summed E-state index contributed by atoms with van der Waals surface area (Å²) in [6.45, 7) is 0.692. The number of rotatable bonds is 4. The highest BCUT2D eigenvalue weighted by Crippen LogP contribution is 2.42. The van der Waals surface area contributed by atoms with Gasteiger partial charge < -0.3 is 5.32 Å². The maximum Gasteiger partial charge on any atom is 0.271 e. The van der Waals surface area contributed by atoms with E-state index in [1.165, 1.54) is 31.7 Å². The lowest BCUT2D eigenvalue weighted by atomic mass is 9.84. The Morgan fingerprint density at radius 1 is 1.53 bits per heavy atom. The Labute approximate surface area is 110 Å². The summed E-state index contributed by atoms with van der Waals surface area (Å²) in [4.78, 5) is 19.6. The van der Waals surface area contributed by atoms with Gasteiger partial charge in [0, 0.05) is 11.3 Å². The smallest absolute Gasteiger partial charge is 0.271 e. The quantitative estimate of drug-likeness (QED) is 0.912. The van der Waals surface area contributed by atoms with E-state index in [2.05, 4.69) is 21.5 Å². The minimum Gasteiger partial charge on any atom is -0.349 e. The highest BCUT2D eigenvalue weighted by Gasteiger charge is 2.36. The number of nitrogens with zero attached hydrogens (tertiary/aromatic N) is 2. The van der Waals surface area contributed by atoms with Gasteiger partial charge in [-0.05, 0) is 19.1 Å². The second-order valence-electron chi connectivity index (χ2n) is 4.15. The number of thioether (sulfide) groups is 1. The molecule has 2 rings (SSSR count). The van der Waals surface area contributed by atoms with Gasteiger partial charge in [-0.1, -0.05) is 18.0 Å². The predicted molar refractivity (Wildman–Crippen MR) is 69.5 cm³/mol. The first kappa shape index (κ1) is 12.6. The van der Waals surface area contributed by atoms with E-state index in [1.54, 1.807) is 0 Å². The molecule has 92 valence electrons. The van der Waals surface area contributed by atoms with Crippen LogP contribution in [0, 0.1) is 0 Å². The molecule has 1 aromatic heterocycles. The van der Waals surface area contributed by atoms with E-state index >= 15 is 0 Å². The summed E-state index contributed by atoms with van der Waals surface area (Å²) in [5.41, 5.74) is 0.310. The van der Waals surface area contributed by atoms with Crippen LogP contribution in [-0.2, 0) is 0 Å². The minimum absolute atomic E-state index is 0.186. The fraction of sp³-hybridized carbons (Fsp3) is 0.545. The van der Waals surface area contributed by atoms with Crippen molar-refractivity contribution in [2.75, 3.05) is 12.8 Å². The Kier molecular flexibility index (Phi) is 3.89. The largest absolute Gasteiger partial charge is 0.349 e. The summed E-state index contributed by atoms with van der Waals surface area (Å²) in [7, 11) is 0. The van der Waals surface area contributed by atoms with Crippen LogP contribution in [0.5, 0.6) is 0 Å². The van der Waals surface area contributed by atoms with Crippen molar-refractivity contribution in [3.05, 3.63) is 23.2 Å². The summed E-state index contributed by atoms with van der Waals surface area (Å²) in [6.07, 6.45) is 8.45. The van der Waals surface area contributed by atoms with Gasteiger partial charge in [-0.15, -0.1) is 0 Å². The molecule has 1 aromatic rings. The molecule has 1 aliphatic carbocycles. The van der Waals surface area contributed by atoms with Crippen LogP contribution in [0.2, 0.25) is 5.15 Å². The number of aromatic nitrogens is 2. The second-order valence-corrected chi connectivity index (χ2v) is 5.81. The third-order valence-corrected chi connectivity index (χ3v) is 4.74. The first-order valence-corrected chi connectivity index (χ1v) is 7.06. The van der Waals surface area contributed by atoms with Crippen molar-refractivity contribution in [1.29, 1.82) is 0 Å². The van der Waals surface area contributed by atoms with Gasteiger partial charge in [-0.2, -0.15) is 11.8 Å². The number of hydrogen-bond acceptors (Lipinski definition) is 4. The molecule has 0 saturated heterocycles. The van der Waals surface area contributed by atoms with E-state index < -0.39 is 0 Å². The van der Waals surface area contributed by atoms with Gasteiger partial charge in [-0.25, -0.2) is 9.97 Å². The van der Waals surface area contributed by atoms with Crippen molar-refractivity contribution in [2.45, 2.75) is 24.0 Å². The molecule has 17 heavy (non-hydrogen) atoms. The van der Waals surface area contributed by atoms with Gasteiger partial charge >= 0.3 is 0 Å². The average molecular weight is 272 g/mol. The highest BCUT2D eigenvalue weighted by atomic mass is 35.5. The normalized spacial score (nSPS) is 17.3. The number of nitrogens with one attached hydrogen (secondary N) is 1. The lowest BCUT2D eigenvalue weighted by molar-refractivity contribution is 0.0938. The molecule has 4 nitrogen and oxygen atoms in total. The fourth-order valence-corrected chi connectivity index (χ4v) is 2.80. The van der Waals surface area contributed by atoms with Crippen LogP contribution in [0.15, 0.2) is 12.4 Å². The number of amides is 1. The predicted octanol–water partition coefficient (Wildman–Crippen LogP) is 2.15. The number of hydrogen-bond donors (Lipinski definition) is 1. The first-order valence-electron chi connectivity index (χ1n) is 5.46. The zero-order valence-electron chi connectivity index (χ0n) is 9.57. The summed E-state index contributed by atoms with van der Waals surface area (Å²) >= 11 is 7.44. The zero-order chi connectivity index (χ0) is 12.3. The minimum atomic E-state index is -0.186. The lowest BCUT2D eigenvalue weighted by Crippen LogP contribution is -2.45. The number of carbonyl (C=O) groups excluding carboxylic acids is 1. The molecule has 1 fully saturated rings. The molecule has 0 aromatic carbocycles. The van der Waals surface area contributed by atoms with Crippen molar-refractivity contribution < 1.29 is 4.79 Å². The van der Waals surface area contributed by atoms with Gasteiger partial charge in [-0.3, -0.25) is 4.79 Å². The Morgan fingerprint density at radius 3 is 2.76 bits per heavy atom. The molecule has 1 aliphatic rings. The molecule has 0 bridgehead atoms. The van der Waals surface area contributed by atoms with Gasteiger partial charge in [0.05, 0.1) is 12.4 Å². The monoisotopic (exact) mass is 271 g/mol. The standard InChI is InChI=1S/C11H14ClN3OS/c1-17-11(3-2-4-11)7-15-10(16)8-5-14-9(12)6-13-8/h5-6H,2-4,7H2,1H3,(H,15,16). The van der Waals surface area contributed by atoms with E-state index in [0.29, 0.717) is 17.4 Å². The SMILES string of the molecule is CSC1(CNC(=O)c2cnc(Cl)cn2)CCC1. The first-order chi connectivity index (χ1) is 8.15. The van der Waals surface area contributed by atoms with E-state index in [4.69, 9.17) is 11.6 Å². The fourth-order valence-electron chi connectivity index (χ4n) is 1.79. The topological polar surface area (TPSA) is 54.9 Å². The van der Waals surface area contributed by atoms with E-state index in [1.807, 2.05) is 11.8 Å². The van der Waals surface area contributed by atoms with Gasteiger partial charge in [0.2, 0.25) is 0 Å². The molecular formula is C11H14ClN3OS. The Balaban J connectivity index is 1.91. The second kappa shape index (κ2) is 5.23. The third kappa shape index (κ3) is 2.90. The highest BCUT2D eigenvalue weighted by molar-refractivity contribution is 8.00. The summed E-state index contributed by atoms with van der Waals surface area (Å²) in [6, 6.07) is 0. The van der Waals surface area contributed by atoms with E-state index in [-0.39, 0.29) is 10.7 Å². The Morgan fingerprint density at radius 2 is 2.29 bits per heavy atom. The number of carbonyl (C=O) groups is 1. The molecule has 0 atom stereocenters. The molecule has 0 unspecified atom stereocenters. The van der Waals surface area contributed by atoms with Crippen LogP contribution >= 0.6 is 23.4 Å². The lowest BCUT2D eigenvalue weighted by Gasteiger charge is -2.40. The van der Waals surface area contributed by atoms with Crippen molar-refractivity contribution in [2.24, 2.45) is 0 Å². The van der Waals surface area contributed by atoms with Crippen LogP contribution in [0.1, 0.15) is 29.8 Å². The van der Waals surface area contributed by atoms with Crippen LogP contribution in [0.4, 0.5) is 0 Å². The molecular weight excluding hydrogens is 258 g/mol. The molecule has 0 aliphatic heterocycles. The zero-order valence-corrected chi connectivity index (χ0v) is 11.1. The molecule has 0 radical (unpaired) electrons.